The summed E-state index contributed by atoms with van der Waals surface area (Å²) < 4.78 is 5.26. The zero-order valence-corrected chi connectivity index (χ0v) is 15.5. The first-order chi connectivity index (χ1) is 12.9. The number of allylic oxidation sites excluding steroid dienone is 1. The molecule has 0 saturated heterocycles. The van der Waals surface area contributed by atoms with Crippen molar-refractivity contribution in [1.82, 2.24) is 0 Å². The molecular formula is C22H20N2O3. The minimum atomic E-state index is -0.566. The van der Waals surface area contributed by atoms with E-state index in [-0.39, 0.29) is 22.6 Å². The molecule has 136 valence electrons. The van der Waals surface area contributed by atoms with Gasteiger partial charge in [-0.15, -0.1) is 10.2 Å². The summed E-state index contributed by atoms with van der Waals surface area (Å²) in [5.74, 6) is -0.308. The molecule has 0 aromatic heterocycles. The lowest BCUT2D eigenvalue weighted by molar-refractivity contribution is -0.131. The fourth-order valence-corrected chi connectivity index (χ4v) is 2.46. The normalized spacial score (nSPS) is 16.3. The van der Waals surface area contributed by atoms with Crippen LogP contribution in [0.4, 0.5) is 0 Å². The summed E-state index contributed by atoms with van der Waals surface area (Å²) >= 11 is 0. The van der Waals surface area contributed by atoms with Crippen LogP contribution in [0, 0.1) is 5.41 Å². The predicted molar refractivity (Wildman–Crippen MR) is 105 cm³/mol. The van der Waals surface area contributed by atoms with Gasteiger partial charge < -0.3 is 4.74 Å². The van der Waals surface area contributed by atoms with E-state index in [2.05, 4.69) is 10.2 Å². The van der Waals surface area contributed by atoms with Crippen molar-refractivity contribution in [3.8, 4) is 0 Å². The van der Waals surface area contributed by atoms with E-state index < -0.39 is 5.97 Å². The maximum absolute atomic E-state index is 12.9. The molecule has 0 radical (unpaired) electrons. The Kier molecular flexibility index (Phi) is 5.12. The van der Waals surface area contributed by atoms with Gasteiger partial charge in [-0.1, -0.05) is 81.4 Å². The Morgan fingerprint density at radius 3 is 1.96 bits per heavy atom. The van der Waals surface area contributed by atoms with Crippen LogP contribution in [0.5, 0.6) is 0 Å². The Balaban J connectivity index is 2.03. The maximum atomic E-state index is 12.9. The lowest BCUT2D eigenvalue weighted by atomic mass is 9.94. The smallest absolute Gasteiger partial charge is 0.364 e. The van der Waals surface area contributed by atoms with Crippen LogP contribution in [0.15, 0.2) is 82.7 Å². The number of ketones is 1. The summed E-state index contributed by atoms with van der Waals surface area (Å²) in [6.07, 6.45) is 1.57. The minimum absolute atomic E-state index is 0.0780. The van der Waals surface area contributed by atoms with Crippen LogP contribution in [0.25, 0.3) is 0 Å². The van der Waals surface area contributed by atoms with Gasteiger partial charge in [0.05, 0.1) is 0 Å². The van der Waals surface area contributed by atoms with Crippen LogP contribution in [-0.2, 0) is 9.53 Å². The molecule has 0 unspecified atom stereocenters. The molecule has 0 fully saturated rings. The fourth-order valence-electron chi connectivity index (χ4n) is 2.46. The van der Waals surface area contributed by atoms with Gasteiger partial charge in [-0.05, 0) is 0 Å². The highest BCUT2D eigenvalue weighted by atomic mass is 16.5. The minimum Gasteiger partial charge on any atom is -0.426 e. The van der Waals surface area contributed by atoms with E-state index >= 15 is 0 Å². The Labute approximate surface area is 158 Å². The van der Waals surface area contributed by atoms with E-state index in [0.29, 0.717) is 16.9 Å². The van der Waals surface area contributed by atoms with E-state index in [1.807, 2.05) is 45.0 Å². The van der Waals surface area contributed by atoms with E-state index in [4.69, 9.17) is 4.74 Å². The fraction of sp³-hybridized carbons (Fsp3) is 0.182. The summed E-state index contributed by atoms with van der Waals surface area (Å²) in [5, 5.41) is 8.15. The molecule has 1 heterocycles. The van der Waals surface area contributed by atoms with E-state index in [9.17, 15) is 9.59 Å². The largest absolute Gasteiger partial charge is 0.426 e. The molecule has 5 heteroatoms. The van der Waals surface area contributed by atoms with E-state index in [1.165, 1.54) is 0 Å². The van der Waals surface area contributed by atoms with Gasteiger partial charge >= 0.3 is 5.97 Å². The molecule has 0 spiro atoms. The van der Waals surface area contributed by atoms with Gasteiger partial charge in [0.15, 0.2) is 5.71 Å². The summed E-state index contributed by atoms with van der Waals surface area (Å²) in [4.78, 5) is 25.0. The lowest BCUT2D eigenvalue weighted by Crippen LogP contribution is -2.16. The number of hydrogen-bond acceptors (Lipinski definition) is 5. The van der Waals surface area contributed by atoms with Crippen molar-refractivity contribution in [3.05, 3.63) is 83.6 Å². The van der Waals surface area contributed by atoms with Crippen LogP contribution in [0.3, 0.4) is 0 Å². The number of hydrogen-bond donors (Lipinski definition) is 0. The second-order valence-corrected chi connectivity index (χ2v) is 7.14. The molecule has 0 N–H and O–H groups in total. The lowest BCUT2D eigenvalue weighted by Gasteiger charge is -2.17. The number of Topliss-reactive ketones (excluding diaryl/α,β-unsaturated/α-hetero) is 1. The molecule has 2 aromatic rings. The zero-order chi connectivity index (χ0) is 19.4. The summed E-state index contributed by atoms with van der Waals surface area (Å²) in [5.41, 5.74) is 1.05. The molecular weight excluding hydrogens is 340 g/mol. The average Bonchev–Trinajstić information content (AvgIpc) is 3.04. The second kappa shape index (κ2) is 7.50. The topological polar surface area (TPSA) is 68.1 Å². The number of rotatable bonds is 4. The van der Waals surface area contributed by atoms with Crippen molar-refractivity contribution in [2.45, 2.75) is 20.8 Å². The molecule has 0 amide bonds. The molecule has 1 aliphatic heterocycles. The van der Waals surface area contributed by atoms with Crippen molar-refractivity contribution in [1.29, 1.82) is 0 Å². The first-order valence-electron chi connectivity index (χ1n) is 8.61. The van der Waals surface area contributed by atoms with E-state index in [1.54, 1.807) is 42.5 Å². The van der Waals surface area contributed by atoms with Gasteiger partial charge in [0.25, 0.3) is 0 Å². The van der Waals surface area contributed by atoms with Gasteiger partial charge in [-0.3, -0.25) is 4.79 Å². The van der Waals surface area contributed by atoms with Crippen LogP contribution in [0.2, 0.25) is 0 Å². The van der Waals surface area contributed by atoms with Crippen LogP contribution in [-0.4, -0.2) is 23.2 Å². The number of carbonyl (C=O) groups is 2. The number of carbonyl (C=O) groups excluding carboxylic acids is 2. The van der Waals surface area contributed by atoms with Crippen molar-refractivity contribution in [3.63, 3.8) is 0 Å². The third-order valence-corrected chi connectivity index (χ3v) is 3.97. The monoisotopic (exact) mass is 360 g/mol. The standard InChI is InChI=1S/C22H20N2O3/c1-22(2,3)18-14-17(21(26)27-18)23-24-19(15-10-6-4-7-11-15)20(25)16-12-8-5-9-13-16/h4-14H,1-3H3. The second-order valence-electron chi connectivity index (χ2n) is 7.14. The molecule has 27 heavy (non-hydrogen) atoms. The maximum Gasteiger partial charge on any atom is 0.364 e. The molecule has 0 saturated carbocycles. The van der Waals surface area contributed by atoms with E-state index in [0.717, 1.165) is 0 Å². The molecule has 5 nitrogen and oxygen atoms in total. The Bertz CT molecular complexity index is 950. The van der Waals surface area contributed by atoms with Crippen molar-refractivity contribution in [2.75, 3.05) is 0 Å². The quantitative estimate of drug-likeness (QED) is 0.355. The SMILES string of the molecule is CC(C)(C)C1=CC(=NN=C(C(=O)c2ccccc2)c2ccccc2)C(=O)O1. The number of benzene rings is 2. The Morgan fingerprint density at radius 1 is 0.889 bits per heavy atom. The average molecular weight is 360 g/mol. The van der Waals surface area contributed by atoms with Gasteiger partial charge in [0.1, 0.15) is 11.5 Å². The summed E-state index contributed by atoms with van der Waals surface area (Å²) in [7, 11) is 0. The van der Waals surface area contributed by atoms with Crippen molar-refractivity contribution in [2.24, 2.45) is 15.6 Å². The Hall–Kier alpha value is -3.34. The number of ether oxygens (including phenoxy) is 1. The van der Waals surface area contributed by atoms with Gasteiger partial charge in [-0.2, -0.15) is 0 Å². The van der Waals surface area contributed by atoms with Crippen molar-refractivity contribution >= 4 is 23.2 Å². The highest BCUT2D eigenvalue weighted by Gasteiger charge is 2.30. The highest BCUT2D eigenvalue weighted by molar-refractivity contribution is 6.51. The van der Waals surface area contributed by atoms with Gasteiger partial charge in [-0.25, -0.2) is 4.79 Å². The van der Waals surface area contributed by atoms with Gasteiger partial charge in [0, 0.05) is 22.6 Å². The first kappa shape index (κ1) is 18.5. The molecule has 0 atom stereocenters. The molecule has 0 bridgehead atoms. The van der Waals surface area contributed by atoms with Gasteiger partial charge in [0.2, 0.25) is 5.78 Å². The Morgan fingerprint density at radius 2 is 1.44 bits per heavy atom. The third-order valence-electron chi connectivity index (χ3n) is 3.97. The van der Waals surface area contributed by atoms with Crippen LogP contribution >= 0.6 is 0 Å². The number of nitrogens with zero attached hydrogens (tertiary/aromatic N) is 2. The highest BCUT2D eigenvalue weighted by Crippen LogP contribution is 2.29. The first-order valence-corrected chi connectivity index (χ1v) is 8.61. The van der Waals surface area contributed by atoms with Crippen LogP contribution < -0.4 is 0 Å². The molecule has 0 aliphatic carbocycles. The van der Waals surface area contributed by atoms with Crippen molar-refractivity contribution < 1.29 is 14.3 Å². The number of cyclic esters (lactones) is 1. The zero-order valence-electron chi connectivity index (χ0n) is 15.5. The molecule has 1 aliphatic rings. The summed E-state index contributed by atoms with van der Waals surface area (Å²) in [6.45, 7) is 5.81. The third kappa shape index (κ3) is 4.26. The van der Waals surface area contributed by atoms with Crippen LogP contribution in [0.1, 0.15) is 36.7 Å². The molecule has 3 rings (SSSR count). The number of esters is 1. The summed E-state index contributed by atoms with van der Waals surface area (Å²) in [6, 6.07) is 17.9. The predicted octanol–water partition coefficient (Wildman–Crippen LogP) is 4.20. The molecule has 2 aromatic carbocycles.